The van der Waals surface area contributed by atoms with Crippen LogP contribution in [0.1, 0.15) is 23.6 Å². The fourth-order valence-corrected chi connectivity index (χ4v) is 6.17. The first-order valence-electron chi connectivity index (χ1n) is 12.0. The number of nitrogens with one attached hydrogen (secondary N) is 1. The van der Waals surface area contributed by atoms with Gasteiger partial charge in [0.1, 0.15) is 12.4 Å². The van der Waals surface area contributed by atoms with Gasteiger partial charge < -0.3 is 10.1 Å². The van der Waals surface area contributed by atoms with Gasteiger partial charge in [-0.1, -0.05) is 78.9 Å². The lowest BCUT2D eigenvalue weighted by molar-refractivity contribution is -0.112. The van der Waals surface area contributed by atoms with Crippen molar-refractivity contribution >= 4 is 32.9 Å². The molecule has 6 nitrogen and oxygen atoms in total. The number of para-hydroxylation sites is 1. The molecular weight excluding hydrogens is 484 g/mol. The Kier molecular flexibility index (Phi) is 6.79. The summed E-state index contributed by atoms with van der Waals surface area (Å²) in [6.07, 6.45) is 0. The number of hydrogen-bond donors (Lipinski definition) is 1. The summed E-state index contributed by atoms with van der Waals surface area (Å²) in [5.41, 5.74) is 3.81. The second-order valence-electron chi connectivity index (χ2n) is 8.51. The lowest BCUT2D eigenvalue weighted by Gasteiger charge is -2.32. The van der Waals surface area contributed by atoms with Gasteiger partial charge in [0.25, 0.3) is 15.9 Å². The van der Waals surface area contributed by atoms with Crippen molar-refractivity contribution in [3.8, 4) is 5.75 Å². The van der Waals surface area contributed by atoms with E-state index < -0.39 is 15.9 Å². The fourth-order valence-electron chi connectivity index (χ4n) is 4.42. The van der Waals surface area contributed by atoms with Gasteiger partial charge in [0.05, 0.1) is 5.69 Å². The smallest absolute Gasteiger partial charge is 0.270 e. The van der Waals surface area contributed by atoms with Crippen molar-refractivity contribution < 1.29 is 17.9 Å². The predicted octanol–water partition coefficient (Wildman–Crippen LogP) is 5.83. The van der Waals surface area contributed by atoms with Crippen molar-refractivity contribution in [2.75, 3.05) is 16.2 Å². The van der Waals surface area contributed by atoms with Crippen LogP contribution in [0.15, 0.2) is 114 Å². The van der Waals surface area contributed by atoms with Gasteiger partial charge in [-0.25, -0.2) is 8.42 Å². The van der Waals surface area contributed by atoms with Crippen LogP contribution >= 0.6 is 0 Å². The van der Waals surface area contributed by atoms with Gasteiger partial charge in [-0.15, -0.1) is 0 Å². The number of benzene rings is 4. The molecule has 186 valence electrons. The van der Waals surface area contributed by atoms with Crippen molar-refractivity contribution in [3.05, 3.63) is 131 Å². The molecule has 1 heterocycles. The van der Waals surface area contributed by atoms with Crippen molar-refractivity contribution in [3.63, 3.8) is 0 Å². The molecule has 37 heavy (non-hydrogen) atoms. The number of sulfonamides is 1. The minimum Gasteiger partial charge on any atom is -0.489 e. The summed E-state index contributed by atoms with van der Waals surface area (Å²) in [5, 5.41) is 2.79. The molecule has 4 aromatic carbocycles. The van der Waals surface area contributed by atoms with Crippen LogP contribution in [0.4, 0.5) is 11.4 Å². The fraction of sp³-hybridized carbons (Fsp3) is 0.100. The minimum atomic E-state index is -4.12. The summed E-state index contributed by atoms with van der Waals surface area (Å²) >= 11 is 0. The van der Waals surface area contributed by atoms with Crippen LogP contribution in [0.2, 0.25) is 0 Å². The molecule has 0 saturated heterocycles. The largest absolute Gasteiger partial charge is 0.489 e. The number of rotatable bonds is 7. The van der Waals surface area contributed by atoms with Crippen molar-refractivity contribution in [2.24, 2.45) is 0 Å². The zero-order valence-electron chi connectivity index (χ0n) is 20.3. The molecule has 1 aliphatic heterocycles. The topological polar surface area (TPSA) is 75.7 Å². The minimum absolute atomic E-state index is 0.200. The van der Waals surface area contributed by atoms with Crippen LogP contribution in [0.3, 0.4) is 0 Å². The number of hydrogen-bond acceptors (Lipinski definition) is 4. The van der Waals surface area contributed by atoms with Crippen molar-refractivity contribution in [1.29, 1.82) is 0 Å². The highest BCUT2D eigenvalue weighted by atomic mass is 32.2. The first-order valence-corrected chi connectivity index (χ1v) is 13.4. The number of carbonyl (C=O) groups is 1. The third-order valence-corrected chi connectivity index (χ3v) is 8.07. The highest BCUT2D eigenvalue weighted by molar-refractivity contribution is 7.97. The Bertz CT molecular complexity index is 1550. The van der Waals surface area contributed by atoms with E-state index in [1.54, 1.807) is 43.3 Å². The molecule has 0 aliphatic carbocycles. The van der Waals surface area contributed by atoms with Gasteiger partial charge in [0, 0.05) is 23.4 Å². The molecule has 0 spiro atoms. The molecule has 7 heteroatoms. The summed E-state index contributed by atoms with van der Waals surface area (Å²) in [7, 11) is -4.12. The van der Waals surface area contributed by atoms with Gasteiger partial charge in [-0.3, -0.25) is 9.10 Å². The Morgan fingerprint density at radius 2 is 1.43 bits per heavy atom. The van der Waals surface area contributed by atoms with Crippen LogP contribution in [-0.4, -0.2) is 20.9 Å². The molecule has 0 aromatic heterocycles. The molecule has 0 saturated carbocycles. The Morgan fingerprint density at radius 3 is 2.11 bits per heavy atom. The maximum Gasteiger partial charge on any atom is 0.270 e. The van der Waals surface area contributed by atoms with E-state index in [-0.39, 0.29) is 11.4 Å². The highest BCUT2D eigenvalue weighted by Gasteiger charge is 2.40. The van der Waals surface area contributed by atoms with E-state index in [0.29, 0.717) is 40.4 Å². The number of ether oxygens (including phenoxy) is 1. The van der Waals surface area contributed by atoms with E-state index in [2.05, 4.69) is 5.32 Å². The standard InChI is InChI=1S/C30H26N2O4S/c1-2-32-27-16-10-9-15-26(27)28(23-13-7-4-8-14-23)29(37(32,34)35)30(33)31-24-17-19-25(20-18-24)36-21-22-11-5-3-6-12-22/h3-20H,2,21H2,1H3,(H,31,33). The second kappa shape index (κ2) is 10.3. The van der Waals surface area contributed by atoms with Gasteiger partial charge >= 0.3 is 0 Å². The van der Waals surface area contributed by atoms with Crippen LogP contribution in [0, 0.1) is 0 Å². The van der Waals surface area contributed by atoms with Gasteiger partial charge in [-0.05, 0) is 48.4 Å². The third-order valence-electron chi connectivity index (χ3n) is 6.13. The first kappa shape index (κ1) is 24.3. The summed E-state index contributed by atoms with van der Waals surface area (Å²) < 4.78 is 34.7. The normalized spacial score (nSPS) is 14.1. The van der Waals surface area contributed by atoms with Gasteiger partial charge in [-0.2, -0.15) is 0 Å². The van der Waals surface area contributed by atoms with Gasteiger partial charge in [0.2, 0.25) is 0 Å². The highest BCUT2D eigenvalue weighted by Crippen LogP contribution is 2.42. The Morgan fingerprint density at radius 1 is 0.811 bits per heavy atom. The van der Waals surface area contributed by atoms with E-state index >= 15 is 0 Å². The van der Waals surface area contributed by atoms with Crippen LogP contribution < -0.4 is 14.4 Å². The number of carbonyl (C=O) groups excluding carboxylic acids is 1. The molecule has 1 amide bonds. The Hall–Kier alpha value is -4.36. The maximum atomic E-state index is 13.8. The first-order chi connectivity index (χ1) is 18.0. The summed E-state index contributed by atoms with van der Waals surface area (Å²) in [6.45, 7) is 2.38. The van der Waals surface area contributed by atoms with E-state index in [1.807, 2.05) is 72.8 Å². The Labute approximate surface area is 216 Å². The molecule has 0 bridgehead atoms. The van der Waals surface area contributed by atoms with Crippen molar-refractivity contribution in [1.82, 2.24) is 0 Å². The number of nitrogens with zero attached hydrogens (tertiary/aromatic N) is 1. The molecule has 4 aromatic rings. The number of amides is 1. The van der Waals surface area contributed by atoms with Crippen LogP contribution in [0.5, 0.6) is 5.75 Å². The molecule has 1 aliphatic rings. The molecule has 0 atom stereocenters. The Balaban J connectivity index is 1.49. The van der Waals surface area contributed by atoms with Crippen molar-refractivity contribution in [2.45, 2.75) is 13.5 Å². The quantitative estimate of drug-likeness (QED) is 0.339. The average Bonchev–Trinajstić information content (AvgIpc) is 2.92. The summed E-state index contributed by atoms with van der Waals surface area (Å²) in [5.74, 6) is -0.0489. The summed E-state index contributed by atoms with van der Waals surface area (Å²) in [4.78, 5) is 13.4. The van der Waals surface area contributed by atoms with Crippen LogP contribution in [-0.2, 0) is 21.4 Å². The zero-order valence-corrected chi connectivity index (χ0v) is 21.1. The second-order valence-corrected chi connectivity index (χ2v) is 10.3. The molecule has 0 fully saturated rings. The average molecular weight is 511 g/mol. The molecule has 5 rings (SSSR count). The SMILES string of the molecule is CCN1c2ccccc2C(c2ccccc2)=C(C(=O)Nc2ccc(OCc3ccccc3)cc2)S1(=O)=O. The third kappa shape index (κ3) is 4.86. The predicted molar refractivity (Wildman–Crippen MR) is 147 cm³/mol. The van der Waals surface area contributed by atoms with E-state index in [1.165, 1.54) is 4.31 Å². The lowest BCUT2D eigenvalue weighted by atomic mass is 9.95. The maximum absolute atomic E-state index is 13.8. The molecular formula is C30H26N2O4S. The van der Waals surface area contributed by atoms with E-state index in [0.717, 1.165) is 5.56 Å². The lowest BCUT2D eigenvalue weighted by Crippen LogP contribution is -2.39. The monoisotopic (exact) mass is 510 g/mol. The number of fused-ring (bicyclic) bond motifs is 1. The molecule has 0 radical (unpaired) electrons. The van der Waals surface area contributed by atoms with E-state index in [9.17, 15) is 13.2 Å². The van der Waals surface area contributed by atoms with Gasteiger partial charge in [0.15, 0.2) is 4.91 Å². The zero-order chi connectivity index (χ0) is 25.8. The summed E-state index contributed by atoms with van der Waals surface area (Å²) in [6, 6.07) is 33.1. The van der Waals surface area contributed by atoms with E-state index in [4.69, 9.17) is 4.74 Å². The number of anilines is 2. The van der Waals surface area contributed by atoms with Crippen LogP contribution in [0.25, 0.3) is 5.57 Å². The molecule has 0 unspecified atom stereocenters. The molecule has 1 N–H and O–H groups in total.